The van der Waals surface area contributed by atoms with Crippen LogP contribution in [-0.4, -0.2) is 28.4 Å². The number of benzene rings is 2. The SMILES string of the molecule is CC/C(=C\Cc1cc(OC)c(Cl)cc1OC)Cc1cc(OC)c(Cl)cc1OC. The summed E-state index contributed by atoms with van der Waals surface area (Å²) in [4.78, 5) is 0. The van der Waals surface area contributed by atoms with Gasteiger partial charge in [-0.3, -0.25) is 0 Å². The molecule has 0 saturated heterocycles. The fraction of sp³-hybridized carbons (Fsp3) is 0.364. The van der Waals surface area contributed by atoms with Gasteiger partial charge in [0.2, 0.25) is 0 Å². The van der Waals surface area contributed by atoms with Crippen LogP contribution in [0.4, 0.5) is 0 Å². The van der Waals surface area contributed by atoms with E-state index in [2.05, 4.69) is 13.0 Å². The largest absolute Gasteiger partial charge is 0.496 e. The second-order valence-corrected chi connectivity index (χ2v) is 7.01. The predicted molar refractivity (Wildman–Crippen MR) is 115 cm³/mol. The molecule has 0 aliphatic rings. The van der Waals surface area contributed by atoms with Crippen LogP contribution in [0, 0.1) is 0 Å². The van der Waals surface area contributed by atoms with Crippen molar-refractivity contribution in [3.63, 3.8) is 0 Å². The Morgan fingerprint density at radius 3 is 1.68 bits per heavy atom. The number of hydrogen-bond acceptors (Lipinski definition) is 4. The van der Waals surface area contributed by atoms with Gasteiger partial charge in [0.05, 0.1) is 38.5 Å². The van der Waals surface area contributed by atoms with Crippen LogP contribution in [-0.2, 0) is 12.8 Å². The van der Waals surface area contributed by atoms with E-state index >= 15 is 0 Å². The number of rotatable bonds is 9. The van der Waals surface area contributed by atoms with E-state index < -0.39 is 0 Å². The van der Waals surface area contributed by atoms with Crippen molar-refractivity contribution in [2.45, 2.75) is 26.2 Å². The van der Waals surface area contributed by atoms with Gasteiger partial charge in [-0.2, -0.15) is 0 Å². The van der Waals surface area contributed by atoms with Gasteiger partial charge in [-0.1, -0.05) is 41.8 Å². The molecule has 0 fully saturated rings. The van der Waals surface area contributed by atoms with E-state index in [9.17, 15) is 0 Å². The number of ether oxygens (including phenoxy) is 4. The van der Waals surface area contributed by atoms with E-state index in [0.717, 1.165) is 35.5 Å². The van der Waals surface area contributed by atoms with Crippen LogP contribution in [0.25, 0.3) is 0 Å². The maximum absolute atomic E-state index is 6.21. The summed E-state index contributed by atoms with van der Waals surface area (Å²) in [5, 5.41) is 1.06. The third kappa shape index (κ3) is 5.27. The first-order chi connectivity index (χ1) is 13.5. The molecule has 152 valence electrons. The van der Waals surface area contributed by atoms with Crippen LogP contribution in [0.3, 0.4) is 0 Å². The second-order valence-electron chi connectivity index (χ2n) is 6.19. The Bertz CT molecular complexity index is 847. The van der Waals surface area contributed by atoms with Crippen LogP contribution < -0.4 is 18.9 Å². The highest BCUT2D eigenvalue weighted by Crippen LogP contribution is 2.35. The lowest BCUT2D eigenvalue weighted by Crippen LogP contribution is -1.98. The van der Waals surface area contributed by atoms with Crippen molar-refractivity contribution < 1.29 is 18.9 Å². The third-order valence-electron chi connectivity index (χ3n) is 4.59. The summed E-state index contributed by atoms with van der Waals surface area (Å²) in [5.41, 5.74) is 3.30. The zero-order valence-corrected chi connectivity index (χ0v) is 18.4. The quantitative estimate of drug-likeness (QED) is 0.452. The van der Waals surface area contributed by atoms with Crippen molar-refractivity contribution >= 4 is 23.2 Å². The van der Waals surface area contributed by atoms with Crippen molar-refractivity contribution in [1.82, 2.24) is 0 Å². The minimum Gasteiger partial charge on any atom is -0.496 e. The lowest BCUT2D eigenvalue weighted by molar-refractivity contribution is 0.399. The first-order valence-electron chi connectivity index (χ1n) is 8.96. The summed E-state index contributed by atoms with van der Waals surface area (Å²) in [6.07, 6.45) is 4.54. The van der Waals surface area contributed by atoms with E-state index in [1.54, 1.807) is 40.6 Å². The Balaban J connectivity index is 2.31. The molecule has 0 amide bonds. The molecule has 0 N–H and O–H groups in total. The van der Waals surface area contributed by atoms with Crippen molar-refractivity contribution in [1.29, 1.82) is 0 Å². The van der Waals surface area contributed by atoms with Crippen LogP contribution in [0.5, 0.6) is 23.0 Å². The Hall–Kier alpha value is -2.04. The number of allylic oxidation sites excluding steroid dienone is 2. The van der Waals surface area contributed by atoms with E-state index in [-0.39, 0.29) is 0 Å². The summed E-state index contributed by atoms with van der Waals surface area (Å²) in [7, 11) is 6.48. The fourth-order valence-corrected chi connectivity index (χ4v) is 3.45. The monoisotopic (exact) mass is 424 g/mol. The van der Waals surface area contributed by atoms with Gasteiger partial charge in [-0.25, -0.2) is 0 Å². The molecule has 0 aliphatic heterocycles. The van der Waals surface area contributed by atoms with Gasteiger partial charge >= 0.3 is 0 Å². The molecule has 0 unspecified atom stereocenters. The molecule has 0 radical (unpaired) electrons. The zero-order chi connectivity index (χ0) is 20.7. The van der Waals surface area contributed by atoms with Crippen molar-refractivity contribution in [2.75, 3.05) is 28.4 Å². The Morgan fingerprint density at radius 1 is 0.750 bits per heavy atom. The first kappa shape index (κ1) is 22.3. The smallest absolute Gasteiger partial charge is 0.138 e. The van der Waals surface area contributed by atoms with E-state index in [1.165, 1.54) is 5.57 Å². The van der Waals surface area contributed by atoms with Crippen LogP contribution in [0.2, 0.25) is 10.0 Å². The van der Waals surface area contributed by atoms with Gasteiger partial charge in [-0.15, -0.1) is 0 Å². The standard InChI is InChI=1S/C22H26Cl2O4/c1-6-14(9-16-11-22(28-5)18(24)13-20(16)26-3)7-8-15-10-21(27-4)17(23)12-19(15)25-2/h7,10-13H,6,8-9H2,1-5H3/b14-7+. The topological polar surface area (TPSA) is 36.9 Å². The van der Waals surface area contributed by atoms with Crippen LogP contribution in [0.15, 0.2) is 35.9 Å². The van der Waals surface area contributed by atoms with Gasteiger partial charge in [-0.05, 0) is 31.4 Å². The molecule has 2 aromatic rings. The Kier molecular flexibility index (Phi) is 8.34. The summed E-state index contributed by atoms with van der Waals surface area (Å²) in [6.45, 7) is 2.13. The van der Waals surface area contributed by atoms with Gasteiger partial charge in [0, 0.05) is 23.3 Å². The molecule has 6 heteroatoms. The molecule has 0 aliphatic carbocycles. The average Bonchev–Trinajstić information content (AvgIpc) is 2.71. The molecule has 0 spiro atoms. The van der Waals surface area contributed by atoms with Crippen LogP contribution in [0.1, 0.15) is 24.5 Å². The van der Waals surface area contributed by atoms with Crippen molar-refractivity contribution in [3.05, 3.63) is 57.1 Å². The molecule has 28 heavy (non-hydrogen) atoms. The maximum Gasteiger partial charge on any atom is 0.138 e. The molecule has 2 rings (SSSR count). The summed E-state index contributed by atoms with van der Waals surface area (Å²) >= 11 is 12.4. The molecule has 0 heterocycles. The molecule has 2 aromatic carbocycles. The molecule has 0 aromatic heterocycles. The van der Waals surface area contributed by atoms with Gasteiger partial charge in [0.25, 0.3) is 0 Å². The van der Waals surface area contributed by atoms with Crippen molar-refractivity contribution in [3.8, 4) is 23.0 Å². The number of hydrogen-bond donors (Lipinski definition) is 0. The fourth-order valence-electron chi connectivity index (χ4n) is 2.99. The minimum atomic E-state index is 0.529. The first-order valence-corrected chi connectivity index (χ1v) is 9.71. The second kappa shape index (κ2) is 10.5. The zero-order valence-electron chi connectivity index (χ0n) is 16.9. The third-order valence-corrected chi connectivity index (χ3v) is 5.18. The Labute approximate surface area is 177 Å². The van der Waals surface area contributed by atoms with Gasteiger partial charge < -0.3 is 18.9 Å². The van der Waals surface area contributed by atoms with E-state index in [0.29, 0.717) is 28.0 Å². The van der Waals surface area contributed by atoms with Crippen molar-refractivity contribution in [2.24, 2.45) is 0 Å². The molecule has 0 saturated carbocycles. The van der Waals surface area contributed by atoms with E-state index in [4.69, 9.17) is 42.1 Å². The molecule has 4 nitrogen and oxygen atoms in total. The predicted octanol–water partition coefficient (Wildman–Crippen LogP) is 6.15. The Morgan fingerprint density at radius 2 is 1.21 bits per heavy atom. The van der Waals surface area contributed by atoms with Crippen LogP contribution >= 0.6 is 23.2 Å². The normalized spacial score (nSPS) is 11.3. The summed E-state index contributed by atoms with van der Waals surface area (Å²) < 4.78 is 21.6. The number of halogens is 2. The number of methoxy groups -OCH3 is 4. The lowest BCUT2D eigenvalue weighted by Gasteiger charge is -2.14. The van der Waals surface area contributed by atoms with Gasteiger partial charge in [0.15, 0.2) is 0 Å². The molecule has 0 bridgehead atoms. The highest BCUT2D eigenvalue weighted by atomic mass is 35.5. The summed E-state index contributed by atoms with van der Waals surface area (Å²) in [6, 6.07) is 7.41. The molecular formula is C22H26Cl2O4. The molecule has 0 atom stereocenters. The maximum atomic E-state index is 6.21. The minimum absolute atomic E-state index is 0.529. The average molecular weight is 425 g/mol. The summed E-state index contributed by atoms with van der Waals surface area (Å²) in [5.74, 6) is 2.75. The lowest BCUT2D eigenvalue weighted by atomic mass is 9.99. The van der Waals surface area contributed by atoms with Gasteiger partial charge in [0.1, 0.15) is 23.0 Å². The highest BCUT2D eigenvalue weighted by molar-refractivity contribution is 6.32. The highest BCUT2D eigenvalue weighted by Gasteiger charge is 2.13. The van der Waals surface area contributed by atoms with E-state index in [1.807, 2.05) is 12.1 Å². The molecular weight excluding hydrogens is 399 g/mol.